The highest BCUT2D eigenvalue weighted by atomic mass is 35.5. The molecule has 15 heteroatoms. The van der Waals surface area contributed by atoms with Crippen LogP contribution in [-0.2, 0) is 27.4 Å². The molecule has 2 aliphatic rings. The molecule has 11 nitrogen and oxygen atoms in total. The number of thioether (sulfide) groups is 1. The van der Waals surface area contributed by atoms with Crippen LogP contribution in [0, 0.1) is 5.82 Å². The molecule has 6 rings (SSSR count). The molecular weight excluding hydrogens is 716 g/mol. The number of hydrogen-bond acceptors (Lipinski definition) is 9. The van der Waals surface area contributed by atoms with Crippen LogP contribution in [0.25, 0.3) is 11.5 Å². The highest BCUT2D eigenvalue weighted by molar-refractivity contribution is 7.99. The molecule has 52 heavy (non-hydrogen) atoms. The number of piperidine rings is 1. The van der Waals surface area contributed by atoms with Gasteiger partial charge in [0.15, 0.2) is 0 Å². The lowest BCUT2D eigenvalue weighted by molar-refractivity contribution is -0.120. The van der Waals surface area contributed by atoms with Crippen molar-refractivity contribution in [1.29, 1.82) is 0 Å². The number of fused-ring (bicyclic) bond motifs is 1. The van der Waals surface area contributed by atoms with Crippen molar-refractivity contribution < 1.29 is 37.1 Å². The minimum atomic E-state index is -1.79. The fraction of sp³-hybridized carbons (Fsp3) is 0.378. The lowest BCUT2D eigenvalue weighted by Crippen LogP contribution is -2.50. The molecule has 1 saturated heterocycles. The predicted octanol–water partition coefficient (Wildman–Crippen LogP) is 7.92. The zero-order valence-electron chi connectivity index (χ0n) is 29.0. The first kappa shape index (κ1) is 37.1. The van der Waals surface area contributed by atoms with Crippen molar-refractivity contribution in [2.75, 3.05) is 23.7 Å². The molecular formula is C37H38ClF2N5O6S. The topological polar surface area (TPSA) is 127 Å². The third kappa shape index (κ3) is 9.02. The largest absolute Gasteiger partial charge is 0.445 e. The van der Waals surface area contributed by atoms with Crippen LogP contribution in [0.3, 0.4) is 0 Å². The third-order valence-electron chi connectivity index (χ3n) is 8.37. The van der Waals surface area contributed by atoms with E-state index in [1.807, 2.05) is 30.3 Å². The molecule has 0 saturated carbocycles. The van der Waals surface area contributed by atoms with Crippen molar-refractivity contribution in [3.63, 3.8) is 0 Å². The molecule has 4 aromatic rings. The number of nitrogens with zero attached hydrogens (tertiary/aromatic N) is 4. The fourth-order valence-corrected chi connectivity index (χ4v) is 7.27. The predicted molar refractivity (Wildman–Crippen MR) is 191 cm³/mol. The molecule has 3 atom stereocenters. The van der Waals surface area contributed by atoms with E-state index in [0.29, 0.717) is 15.6 Å². The van der Waals surface area contributed by atoms with Crippen molar-refractivity contribution in [2.24, 2.45) is 0 Å². The number of hydrogen-bond donors (Lipinski definition) is 1. The second-order valence-corrected chi connectivity index (χ2v) is 15.5. The maximum Gasteiger partial charge on any atom is 0.410 e. The van der Waals surface area contributed by atoms with Crippen LogP contribution >= 0.6 is 23.4 Å². The molecule has 2 unspecified atom stereocenters. The summed E-state index contributed by atoms with van der Waals surface area (Å²) in [5.74, 6) is -1.88. The van der Waals surface area contributed by atoms with E-state index in [1.54, 1.807) is 45.0 Å². The average Bonchev–Trinajstić information content (AvgIpc) is 3.54. The number of likely N-dealkylation sites (tertiary alicyclic amines) is 1. The Morgan fingerprint density at radius 3 is 2.54 bits per heavy atom. The minimum absolute atomic E-state index is 0.0180. The number of nitrogens with one attached hydrogen (secondary N) is 1. The zero-order valence-corrected chi connectivity index (χ0v) is 30.6. The van der Waals surface area contributed by atoms with E-state index < -0.39 is 47.1 Å². The Bertz CT molecular complexity index is 1940. The molecule has 0 spiro atoms. The van der Waals surface area contributed by atoms with Gasteiger partial charge in [0.1, 0.15) is 29.7 Å². The van der Waals surface area contributed by atoms with Gasteiger partial charge in [0.25, 0.3) is 11.8 Å². The highest BCUT2D eigenvalue weighted by Crippen LogP contribution is 2.41. The summed E-state index contributed by atoms with van der Waals surface area (Å²) in [7, 11) is 0. The molecule has 274 valence electrons. The van der Waals surface area contributed by atoms with Gasteiger partial charge >= 0.3 is 12.2 Å². The van der Waals surface area contributed by atoms with Gasteiger partial charge in [0.2, 0.25) is 5.89 Å². The average molecular weight is 754 g/mol. The lowest BCUT2D eigenvalue weighted by Gasteiger charge is -2.37. The standard InChI is InChI=1S/C37H38ClF2N5O6S/c1-36(2,3)51-34(47)41-28-20-52-30-15-27(39)26(14-29(30)45(33(28)46)17-22-10-12-25(38)13-11-22)32-43-42-31(50-32)24-16-37(4,40)21-44(18-24)35(48)49-19-23-8-6-5-7-9-23/h5-15,24,28H,16-21H2,1-4H3,(H,41,47)/t24?,28-,37?/m0/s1. The summed E-state index contributed by atoms with van der Waals surface area (Å²) in [5, 5.41) is 11.4. The zero-order chi connectivity index (χ0) is 37.2. The van der Waals surface area contributed by atoms with E-state index in [1.165, 1.54) is 40.6 Å². The van der Waals surface area contributed by atoms with Crippen molar-refractivity contribution in [2.45, 2.75) is 75.4 Å². The molecule has 1 aromatic heterocycles. The van der Waals surface area contributed by atoms with Crippen LogP contribution in [0.15, 0.2) is 76.0 Å². The van der Waals surface area contributed by atoms with Gasteiger partial charge in [-0.05, 0) is 69.5 Å². The van der Waals surface area contributed by atoms with Gasteiger partial charge in [-0.25, -0.2) is 18.4 Å². The van der Waals surface area contributed by atoms with Crippen LogP contribution in [0.4, 0.5) is 24.1 Å². The number of aromatic nitrogens is 2. The quantitative estimate of drug-likeness (QED) is 0.200. The molecule has 2 aliphatic heterocycles. The van der Waals surface area contributed by atoms with Crippen molar-refractivity contribution >= 4 is 47.1 Å². The van der Waals surface area contributed by atoms with Crippen molar-refractivity contribution in [3.8, 4) is 11.5 Å². The molecule has 0 aliphatic carbocycles. The van der Waals surface area contributed by atoms with Crippen molar-refractivity contribution in [3.05, 3.63) is 94.6 Å². The second kappa shape index (κ2) is 15.1. The maximum absolute atomic E-state index is 15.9. The van der Waals surface area contributed by atoms with Crippen LogP contribution < -0.4 is 10.2 Å². The number of halogens is 3. The summed E-state index contributed by atoms with van der Waals surface area (Å²) >= 11 is 7.30. The number of alkyl halides is 1. The SMILES string of the molecule is CC1(F)CC(c2nnc(-c3cc4c(cc3F)SC[C@H](NC(=O)OC(C)(C)C)C(=O)N4Cc3ccc(Cl)cc3)o2)CN(C(=O)OCc2ccccc2)C1. The number of ether oxygens (including phenoxy) is 2. The molecule has 1 fully saturated rings. The van der Waals surface area contributed by atoms with Crippen LogP contribution in [0.5, 0.6) is 0 Å². The van der Waals surface area contributed by atoms with Gasteiger partial charge in [0.05, 0.1) is 30.3 Å². The molecule has 3 amide bonds. The first-order valence-electron chi connectivity index (χ1n) is 16.6. The summed E-state index contributed by atoms with van der Waals surface area (Å²) in [6, 6.07) is 17.8. The number of alkyl carbamates (subject to hydrolysis) is 1. The number of carbonyl (C=O) groups excluding carboxylic acids is 3. The molecule has 0 radical (unpaired) electrons. The van der Waals surface area contributed by atoms with Gasteiger partial charge in [-0.3, -0.25) is 4.79 Å². The molecule has 3 aromatic carbocycles. The number of carbonyl (C=O) groups is 3. The number of amides is 3. The van der Waals surface area contributed by atoms with E-state index in [0.717, 1.165) is 11.1 Å². The van der Waals surface area contributed by atoms with E-state index in [9.17, 15) is 14.4 Å². The monoisotopic (exact) mass is 753 g/mol. The smallest absolute Gasteiger partial charge is 0.410 e. The summed E-state index contributed by atoms with van der Waals surface area (Å²) in [6.45, 7) is 6.50. The summed E-state index contributed by atoms with van der Waals surface area (Å²) in [5.41, 5.74) is -0.779. The first-order valence-corrected chi connectivity index (χ1v) is 18.0. The summed E-state index contributed by atoms with van der Waals surface area (Å²) in [4.78, 5) is 42.9. The Labute approximate surface area is 309 Å². The lowest BCUT2D eigenvalue weighted by atomic mass is 9.88. The summed E-state index contributed by atoms with van der Waals surface area (Å²) < 4.78 is 48.3. The molecule has 3 heterocycles. The third-order valence-corrected chi connectivity index (χ3v) is 9.76. The van der Waals surface area contributed by atoms with E-state index in [-0.39, 0.29) is 55.8 Å². The Morgan fingerprint density at radius 2 is 1.83 bits per heavy atom. The maximum atomic E-state index is 15.9. The summed E-state index contributed by atoms with van der Waals surface area (Å²) in [6.07, 6.45) is -1.46. The molecule has 0 bridgehead atoms. The molecule has 1 N–H and O–H groups in total. The van der Waals surface area contributed by atoms with Gasteiger partial charge in [-0.15, -0.1) is 22.0 Å². The number of anilines is 1. The van der Waals surface area contributed by atoms with Crippen LogP contribution in [-0.4, -0.2) is 69.3 Å². The van der Waals surface area contributed by atoms with E-state index in [4.69, 9.17) is 25.5 Å². The normalized spacial score (nSPS) is 20.6. The van der Waals surface area contributed by atoms with Gasteiger partial charge < -0.3 is 29.0 Å². The van der Waals surface area contributed by atoms with Gasteiger partial charge in [0, 0.05) is 22.2 Å². The highest BCUT2D eigenvalue weighted by Gasteiger charge is 2.42. The Hall–Kier alpha value is -4.69. The first-order chi connectivity index (χ1) is 24.6. The van der Waals surface area contributed by atoms with Crippen molar-refractivity contribution in [1.82, 2.24) is 20.4 Å². The Balaban J connectivity index is 1.27. The van der Waals surface area contributed by atoms with E-state index in [2.05, 4.69) is 15.5 Å². The van der Waals surface area contributed by atoms with Gasteiger partial charge in [-0.2, -0.15) is 0 Å². The fourth-order valence-electron chi connectivity index (χ4n) is 6.07. The number of benzene rings is 3. The minimum Gasteiger partial charge on any atom is -0.445 e. The van der Waals surface area contributed by atoms with Crippen LogP contribution in [0.1, 0.15) is 57.1 Å². The second-order valence-electron chi connectivity index (χ2n) is 14.0. The van der Waals surface area contributed by atoms with E-state index >= 15 is 8.78 Å². The Kier molecular flexibility index (Phi) is 10.8. The number of rotatable bonds is 7. The Morgan fingerprint density at radius 1 is 1.10 bits per heavy atom. The van der Waals surface area contributed by atoms with Crippen LogP contribution in [0.2, 0.25) is 5.02 Å². The van der Waals surface area contributed by atoms with Gasteiger partial charge in [-0.1, -0.05) is 54.1 Å².